The summed E-state index contributed by atoms with van der Waals surface area (Å²) in [6.45, 7) is 3.04. The maximum absolute atomic E-state index is 14.6. The van der Waals surface area contributed by atoms with Gasteiger partial charge >= 0.3 is 13.1 Å². The Morgan fingerprint density at radius 1 is 0.880 bits per heavy atom. The van der Waals surface area contributed by atoms with E-state index in [-0.39, 0.29) is 17.7 Å². The van der Waals surface area contributed by atoms with Gasteiger partial charge in [-0.2, -0.15) is 0 Å². The Labute approximate surface area is 300 Å². The Morgan fingerprint density at radius 2 is 1.50 bits per heavy atom. The Balaban J connectivity index is 1.21. The number of carbonyl (C=O) groups excluding carboxylic acids is 2. The third-order valence-electron chi connectivity index (χ3n) is 8.97. The molecule has 0 saturated carbocycles. The van der Waals surface area contributed by atoms with Crippen LogP contribution in [0, 0.1) is 0 Å². The molecule has 258 valence electrons. The smallest absolute Gasteiger partial charge is 0.488 e. The van der Waals surface area contributed by atoms with Crippen molar-refractivity contribution in [3.63, 3.8) is 0 Å². The van der Waals surface area contributed by atoms with Crippen LogP contribution < -0.4 is 15.5 Å². The molecular formula is C36H36BCl2N5O6. The Morgan fingerprint density at radius 3 is 2.08 bits per heavy atom. The van der Waals surface area contributed by atoms with E-state index in [4.69, 9.17) is 32.9 Å². The molecular weight excluding hydrogens is 680 g/mol. The fourth-order valence-electron chi connectivity index (χ4n) is 6.23. The lowest BCUT2D eigenvalue weighted by molar-refractivity contribution is 0.0938. The number of rotatable bonds is 9. The number of amides is 3. The van der Waals surface area contributed by atoms with Crippen molar-refractivity contribution in [3.8, 4) is 11.5 Å². The average Bonchev–Trinajstić information content (AvgIpc) is 3.52. The molecule has 2 aliphatic heterocycles. The highest BCUT2D eigenvalue weighted by molar-refractivity contribution is 6.58. The van der Waals surface area contributed by atoms with Gasteiger partial charge in [0, 0.05) is 60.9 Å². The van der Waals surface area contributed by atoms with Gasteiger partial charge in [0.15, 0.2) is 0 Å². The molecule has 0 spiro atoms. The van der Waals surface area contributed by atoms with E-state index >= 15 is 0 Å². The fourth-order valence-corrected chi connectivity index (χ4v) is 6.49. The van der Waals surface area contributed by atoms with Crippen LogP contribution in [0.3, 0.4) is 0 Å². The molecule has 2 heterocycles. The predicted molar refractivity (Wildman–Crippen MR) is 193 cm³/mol. The van der Waals surface area contributed by atoms with Gasteiger partial charge < -0.3 is 30.1 Å². The van der Waals surface area contributed by atoms with Crippen molar-refractivity contribution in [2.24, 2.45) is 4.99 Å². The number of phenols is 1. The molecule has 2 atom stereocenters. The zero-order chi connectivity index (χ0) is 35.4. The Kier molecular flexibility index (Phi) is 10.9. The largest absolute Gasteiger partial charge is 0.507 e. The Hall–Kier alpha value is -4.59. The number of benzene rings is 4. The van der Waals surface area contributed by atoms with Crippen molar-refractivity contribution < 1.29 is 29.5 Å². The highest BCUT2D eigenvalue weighted by Crippen LogP contribution is 2.45. The van der Waals surface area contributed by atoms with Gasteiger partial charge in [-0.15, -0.1) is 0 Å². The van der Waals surface area contributed by atoms with Crippen molar-refractivity contribution in [1.82, 2.24) is 20.0 Å². The number of urea groups is 1. The molecule has 0 aromatic heterocycles. The van der Waals surface area contributed by atoms with E-state index in [1.807, 2.05) is 24.3 Å². The number of phenolic OH excluding ortho intramolecular Hbond substituents is 1. The van der Waals surface area contributed by atoms with Crippen molar-refractivity contribution in [2.75, 3.05) is 46.4 Å². The molecule has 3 amide bonds. The predicted octanol–water partition coefficient (Wildman–Crippen LogP) is 4.10. The minimum atomic E-state index is -1.59. The standard InChI is InChI=1S/C36H36BCl2N5O6/c1-50-29-14-15-30(31(45)22-29)34-41-32(23-4-10-27(38)11-5-23)33(24-6-12-28(39)13-7-24)44(34)36(47)43-20-18-42(19-21-43)17-16-40-35(46)25-2-8-26(9-3-25)37(48)49/h2-15,22,32-33,45,48-49H,16-21H2,1H3,(H,40,46)/t32-,33+/m0/s1. The quantitative estimate of drug-likeness (QED) is 0.192. The number of aromatic hydroxyl groups is 1. The number of amidine groups is 1. The molecule has 50 heavy (non-hydrogen) atoms. The number of methoxy groups -OCH3 is 1. The van der Waals surface area contributed by atoms with Gasteiger partial charge in [-0.25, -0.2) is 4.79 Å². The minimum absolute atomic E-state index is 0.0682. The average molecular weight is 716 g/mol. The summed E-state index contributed by atoms with van der Waals surface area (Å²) in [6.07, 6.45) is 0. The van der Waals surface area contributed by atoms with E-state index in [1.54, 1.807) is 58.3 Å². The summed E-state index contributed by atoms with van der Waals surface area (Å²) in [5.74, 6) is 0.477. The van der Waals surface area contributed by atoms with Gasteiger partial charge in [-0.1, -0.05) is 59.6 Å². The maximum atomic E-state index is 14.6. The summed E-state index contributed by atoms with van der Waals surface area (Å²) in [7, 11) is -0.0766. The highest BCUT2D eigenvalue weighted by atomic mass is 35.5. The number of hydrogen-bond acceptors (Lipinski definition) is 8. The molecule has 4 aromatic carbocycles. The summed E-state index contributed by atoms with van der Waals surface area (Å²) in [5.41, 5.74) is 2.80. The van der Waals surface area contributed by atoms with Crippen molar-refractivity contribution >= 4 is 53.6 Å². The van der Waals surface area contributed by atoms with Crippen LogP contribution >= 0.6 is 23.2 Å². The van der Waals surface area contributed by atoms with Gasteiger partial charge in [-0.05, 0) is 65.1 Å². The number of hydrogen-bond donors (Lipinski definition) is 4. The lowest BCUT2D eigenvalue weighted by Gasteiger charge is -2.39. The fraction of sp³-hybridized carbons (Fsp3) is 0.250. The van der Waals surface area contributed by atoms with Crippen molar-refractivity contribution in [2.45, 2.75) is 12.1 Å². The number of piperazine rings is 1. The molecule has 1 saturated heterocycles. The number of nitrogens with zero attached hydrogens (tertiary/aromatic N) is 4. The van der Waals surface area contributed by atoms with Crippen LogP contribution in [-0.4, -0.2) is 101 Å². The monoisotopic (exact) mass is 715 g/mol. The van der Waals surface area contributed by atoms with E-state index in [0.29, 0.717) is 77.5 Å². The SMILES string of the molecule is COc1ccc(C2=N[C@@H](c3ccc(Cl)cc3)[C@@H](c3ccc(Cl)cc3)N2C(=O)N2CCN(CCNC(=O)c3ccc(B(O)O)cc3)CC2)c(O)c1. The van der Waals surface area contributed by atoms with Crippen molar-refractivity contribution in [1.29, 1.82) is 0 Å². The van der Waals surface area contributed by atoms with E-state index in [9.17, 15) is 24.7 Å². The minimum Gasteiger partial charge on any atom is -0.507 e. The Bertz CT molecular complexity index is 1850. The molecule has 14 heteroatoms. The third kappa shape index (κ3) is 7.75. The van der Waals surface area contributed by atoms with Crippen LogP contribution in [-0.2, 0) is 0 Å². The number of nitrogens with one attached hydrogen (secondary N) is 1. The third-order valence-corrected chi connectivity index (χ3v) is 9.47. The number of ether oxygens (including phenoxy) is 1. The lowest BCUT2D eigenvalue weighted by Crippen LogP contribution is -2.54. The van der Waals surface area contributed by atoms with E-state index in [1.165, 1.54) is 25.3 Å². The van der Waals surface area contributed by atoms with E-state index < -0.39 is 19.2 Å². The van der Waals surface area contributed by atoms with Gasteiger partial charge in [0.2, 0.25) is 0 Å². The van der Waals surface area contributed by atoms with E-state index in [2.05, 4.69) is 10.2 Å². The van der Waals surface area contributed by atoms with Crippen LogP contribution in [0.5, 0.6) is 11.5 Å². The first kappa shape index (κ1) is 35.2. The normalized spacial score (nSPS) is 17.7. The summed E-state index contributed by atoms with van der Waals surface area (Å²) in [5, 5.41) is 33.7. The summed E-state index contributed by atoms with van der Waals surface area (Å²) in [6, 6.07) is 24.4. The van der Waals surface area contributed by atoms with Gasteiger partial charge in [0.05, 0.1) is 18.7 Å². The molecule has 4 aromatic rings. The van der Waals surface area contributed by atoms with Crippen LogP contribution in [0.4, 0.5) is 4.79 Å². The maximum Gasteiger partial charge on any atom is 0.488 e. The molecule has 11 nitrogen and oxygen atoms in total. The number of aliphatic imine (C=N–C) groups is 1. The van der Waals surface area contributed by atoms with Crippen LogP contribution in [0.1, 0.15) is 39.1 Å². The summed E-state index contributed by atoms with van der Waals surface area (Å²) >= 11 is 12.5. The second kappa shape index (κ2) is 15.5. The zero-order valence-corrected chi connectivity index (χ0v) is 28.8. The molecule has 4 N–H and O–H groups in total. The molecule has 0 radical (unpaired) electrons. The van der Waals surface area contributed by atoms with E-state index in [0.717, 1.165) is 11.1 Å². The summed E-state index contributed by atoms with van der Waals surface area (Å²) < 4.78 is 5.31. The molecule has 1 fully saturated rings. The van der Waals surface area contributed by atoms with Crippen LogP contribution in [0.15, 0.2) is 96.0 Å². The summed E-state index contributed by atoms with van der Waals surface area (Å²) in [4.78, 5) is 38.0. The van der Waals surface area contributed by atoms with Gasteiger partial charge in [-0.3, -0.25) is 19.6 Å². The molecule has 6 rings (SSSR count). The molecule has 2 aliphatic rings. The molecule has 0 unspecified atom stereocenters. The second-order valence-electron chi connectivity index (χ2n) is 12.1. The van der Waals surface area contributed by atoms with Crippen molar-refractivity contribution in [3.05, 3.63) is 123 Å². The molecule has 0 bridgehead atoms. The first-order valence-corrected chi connectivity index (χ1v) is 16.9. The lowest BCUT2D eigenvalue weighted by atomic mass is 9.80. The van der Waals surface area contributed by atoms with Gasteiger partial charge in [0.1, 0.15) is 23.4 Å². The first-order chi connectivity index (χ1) is 24.1. The topological polar surface area (TPSA) is 138 Å². The highest BCUT2D eigenvalue weighted by Gasteiger charge is 2.44. The zero-order valence-electron chi connectivity index (χ0n) is 27.2. The number of carbonyl (C=O) groups is 2. The number of halogens is 2. The van der Waals surface area contributed by atoms with Crippen LogP contribution in [0.25, 0.3) is 0 Å². The molecule has 0 aliphatic carbocycles. The second-order valence-corrected chi connectivity index (χ2v) is 12.9. The van der Waals surface area contributed by atoms with Crippen LogP contribution in [0.2, 0.25) is 10.0 Å². The van der Waals surface area contributed by atoms with Gasteiger partial charge in [0.25, 0.3) is 5.91 Å². The first-order valence-electron chi connectivity index (χ1n) is 16.1.